The van der Waals surface area contributed by atoms with Gasteiger partial charge in [0.25, 0.3) is 0 Å². The molecule has 2 aliphatic rings. The number of benzene rings is 1. The van der Waals surface area contributed by atoms with E-state index in [9.17, 15) is 33.6 Å². The van der Waals surface area contributed by atoms with Crippen LogP contribution in [-0.2, 0) is 52.5 Å². The van der Waals surface area contributed by atoms with Crippen LogP contribution in [0.3, 0.4) is 0 Å². The van der Waals surface area contributed by atoms with Gasteiger partial charge in [-0.15, -0.1) is 0 Å². The number of esters is 5. The minimum absolute atomic E-state index is 0.0779. The van der Waals surface area contributed by atoms with Crippen LogP contribution in [0.4, 0.5) is 0 Å². The van der Waals surface area contributed by atoms with E-state index in [0.717, 1.165) is 27.7 Å². The van der Waals surface area contributed by atoms with Gasteiger partial charge in [-0.1, -0.05) is 50.8 Å². The maximum Gasteiger partial charge on any atom is 0.338 e. The van der Waals surface area contributed by atoms with E-state index in [1.165, 1.54) is 38.1 Å². The largest absolute Gasteiger partial charge is 0.462 e. The first-order valence-corrected chi connectivity index (χ1v) is 15.3. The third-order valence-corrected chi connectivity index (χ3v) is 8.39. The molecular weight excluding hydrogens is 612 g/mol. The molecule has 1 aromatic rings. The summed E-state index contributed by atoms with van der Waals surface area (Å²) in [5.74, 6) is -8.65. The van der Waals surface area contributed by atoms with Gasteiger partial charge in [0, 0.05) is 51.0 Å². The molecule has 0 aliphatic heterocycles. The Labute approximate surface area is 273 Å². The molecule has 0 bridgehead atoms. The summed E-state index contributed by atoms with van der Waals surface area (Å²) in [6, 6.07) is 7.76. The summed E-state index contributed by atoms with van der Waals surface area (Å²) in [6.45, 7) is 14.7. The first kappa shape index (κ1) is 36.9. The van der Waals surface area contributed by atoms with Crippen LogP contribution in [0.25, 0.3) is 0 Å². The molecule has 1 fully saturated rings. The summed E-state index contributed by atoms with van der Waals surface area (Å²) in [5.41, 5.74) is -3.66. The standard InChI is InChI=1S/C35H42O12/c1-18-15-16-34(8,9)32(41)30(45-23(6)38)29(46-33(42)25-13-11-10-12-14-25)20(3)28(44-22(5)37)26-27(43-21(4)36)19(2)17-35(26,31(18)40)47-24(7)39/h10-16,18-19,26-30H,3,17H2,1-2,4-9H3/t18-,19-,26+,27-,28-,29-,30+,35+/m0/s1. The molecule has 0 N–H and O–H groups in total. The Hall–Kier alpha value is -4.61. The first-order valence-electron chi connectivity index (χ1n) is 15.3. The van der Waals surface area contributed by atoms with Crippen LogP contribution in [0.5, 0.6) is 0 Å². The molecule has 3 rings (SSSR count). The maximum atomic E-state index is 14.5. The van der Waals surface area contributed by atoms with Gasteiger partial charge in [0.1, 0.15) is 12.2 Å². The highest BCUT2D eigenvalue weighted by Gasteiger charge is 2.65. The number of Topliss-reactive ketones (excluding diaryl/α,β-unsaturated/α-hetero) is 2. The van der Waals surface area contributed by atoms with E-state index in [2.05, 4.69) is 6.58 Å². The van der Waals surface area contributed by atoms with Crippen molar-refractivity contribution in [1.82, 2.24) is 0 Å². The van der Waals surface area contributed by atoms with Crippen LogP contribution < -0.4 is 0 Å². The Morgan fingerprint density at radius 1 is 0.745 bits per heavy atom. The third-order valence-electron chi connectivity index (χ3n) is 8.39. The van der Waals surface area contributed by atoms with Crippen LogP contribution in [0.15, 0.2) is 54.6 Å². The average molecular weight is 655 g/mol. The molecule has 0 heterocycles. The quantitative estimate of drug-likeness (QED) is 0.247. The Morgan fingerprint density at radius 2 is 1.30 bits per heavy atom. The summed E-state index contributed by atoms with van der Waals surface area (Å²) in [6.07, 6.45) is -3.71. The second-order valence-corrected chi connectivity index (χ2v) is 12.7. The number of carbonyl (C=O) groups is 7. The van der Waals surface area contributed by atoms with Gasteiger partial charge >= 0.3 is 29.8 Å². The van der Waals surface area contributed by atoms with E-state index >= 15 is 0 Å². The molecule has 1 aromatic carbocycles. The van der Waals surface area contributed by atoms with E-state index < -0.39 is 94.6 Å². The highest BCUT2D eigenvalue weighted by Crippen LogP contribution is 2.51. The molecule has 2 aliphatic carbocycles. The van der Waals surface area contributed by atoms with Crippen LogP contribution in [0.1, 0.15) is 72.2 Å². The molecule has 47 heavy (non-hydrogen) atoms. The molecule has 0 saturated heterocycles. The van der Waals surface area contributed by atoms with E-state index in [4.69, 9.17) is 23.7 Å². The zero-order valence-corrected chi connectivity index (χ0v) is 27.9. The number of carbonyl (C=O) groups excluding carboxylic acids is 7. The number of allylic oxidation sites excluding steroid dienone is 2. The second-order valence-electron chi connectivity index (χ2n) is 12.7. The summed E-state index contributed by atoms with van der Waals surface area (Å²) in [7, 11) is 0. The lowest BCUT2D eigenvalue weighted by Gasteiger charge is -2.42. The third kappa shape index (κ3) is 8.04. The van der Waals surface area contributed by atoms with Crippen molar-refractivity contribution in [2.24, 2.45) is 23.2 Å². The molecule has 0 radical (unpaired) electrons. The van der Waals surface area contributed by atoms with Gasteiger partial charge < -0.3 is 23.7 Å². The lowest BCUT2D eigenvalue weighted by molar-refractivity contribution is -0.186. The summed E-state index contributed by atoms with van der Waals surface area (Å²) >= 11 is 0. The van der Waals surface area contributed by atoms with Crippen molar-refractivity contribution in [1.29, 1.82) is 0 Å². The number of hydrogen-bond donors (Lipinski definition) is 0. The number of fused-ring (bicyclic) bond motifs is 1. The smallest absolute Gasteiger partial charge is 0.338 e. The highest BCUT2D eigenvalue weighted by molar-refractivity contribution is 5.96. The fourth-order valence-corrected chi connectivity index (χ4v) is 6.38. The summed E-state index contributed by atoms with van der Waals surface area (Å²) < 4.78 is 28.8. The van der Waals surface area contributed by atoms with E-state index in [1.807, 2.05) is 0 Å². The van der Waals surface area contributed by atoms with Crippen molar-refractivity contribution in [2.75, 3.05) is 0 Å². The minimum Gasteiger partial charge on any atom is -0.462 e. The Bertz CT molecular complexity index is 1470. The number of ether oxygens (including phenoxy) is 5. The van der Waals surface area contributed by atoms with E-state index in [-0.39, 0.29) is 17.6 Å². The van der Waals surface area contributed by atoms with Crippen LogP contribution >= 0.6 is 0 Å². The number of ketones is 2. The molecule has 0 unspecified atom stereocenters. The molecule has 8 atom stereocenters. The second kappa shape index (κ2) is 14.4. The van der Waals surface area contributed by atoms with Gasteiger partial charge in [-0.3, -0.25) is 28.8 Å². The number of hydrogen-bond acceptors (Lipinski definition) is 12. The topological polar surface area (TPSA) is 166 Å². The fourth-order valence-electron chi connectivity index (χ4n) is 6.38. The molecule has 0 amide bonds. The summed E-state index contributed by atoms with van der Waals surface area (Å²) in [5, 5.41) is 0. The monoisotopic (exact) mass is 654 g/mol. The van der Waals surface area contributed by atoms with Crippen molar-refractivity contribution in [3.05, 3.63) is 60.2 Å². The van der Waals surface area contributed by atoms with Crippen LogP contribution in [0.2, 0.25) is 0 Å². The van der Waals surface area contributed by atoms with Gasteiger partial charge in [-0.2, -0.15) is 0 Å². The molecule has 0 aromatic heterocycles. The van der Waals surface area contributed by atoms with Crippen molar-refractivity contribution in [3.8, 4) is 0 Å². The molecule has 0 spiro atoms. The van der Waals surface area contributed by atoms with Gasteiger partial charge in [0.05, 0.1) is 11.5 Å². The zero-order valence-electron chi connectivity index (χ0n) is 27.9. The molecular formula is C35H42O12. The predicted molar refractivity (Wildman–Crippen MR) is 165 cm³/mol. The van der Waals surface area contributed by atoms with Gasteiger partial charge in [0.2, 0.25) is 6.10 Å². The van der Waals surface area contributed by atoms with Crippen LogP contribution in [0, 0.1) is 23.2 Å². The summed E-state index contributed by atoms with van der Waals surface area (Å²) in [4.78, 5) is 92.6. The Morgan fingerprint density at radius 3 is 1.83 bits per heavy atom. The minimum atomic E-state index is -2.05. The van der Waals surface area contributed by atoms with Crippen molar-refractivity contribution in [3.63, 3.8) is 0 Å². The van der Waals surface area contributed by atoms with E-state index in [0.29, 0.717) is 0 Å². The molecule has 12 nitrogen and oxygen atoms in total. The fraction of sp³-hybridized carbons (Fsp3) is 0.514. The van der Waals surface area contributed by atoms with Crippen LogP contribution in [-0.4, -0.2) is 71.4 Å². The van der Waals surface area contributed by atoms with Crippen molar-refractivity contribution < 1.29 is 57.2 Å². The molecule has 254 valence electrons. The van der Waals surface area contributed by atoms with Gasteiger partial charge in [-0.05, 0) is 31.9 Å². The molecule has 1 saturated carbocycles. The van der Waals surface area contributed by atoms with Crippen molar-refractivity contribution >= 4 is 41.4 Å². The SMILES string of the molecule is C=C1[C@H](OC(C)=O)[C@H]2[C@@H](OC(C)=O)[C@@H](C)C[C@]2(OC(C)=O)C(=O)[C@@H](C)C=CC(C)(C)C(=O)[C@H](OC(C)=O)[C@H]1OC(=O)c1ccccc1. The average Bonchev–Trinajstić information content (AvgIpc) is 3.24. The van der Waals surface area contributed by atoms with Gasteiger partial charge in [0.15, 0.2) is 23.3 Å². The maximum absolute atomic E-state index is 14.5. The number of rotatable bonds is 6. The normalized spacial score (nSPS) is 30.6. The molecule has 12 heteroatoms. The van der Waals surface area contributed by atoms with E-state index in [1.54, 1.807) is 32.0 Å². The highest BCUT2D eigenvalue weighted by atomic mass is 16.6. The zero-order chi connectivity index (χ0) is 35.4. The van der Waals surface area contributed by atoms with Gasteiger partial charge in [-0.25, -0.2) is 4.79 Å². The predicted octanol–water partition coefficient (Wildman–Crippen LogP) is 3.89. The lowest BCUT2D eigenvalue weighted by atomic mass is 9.72. The van der Waals surface area contributed by atoms with Crippen molar-refractivity contribution in [2.45, 2.75) is 91.8 Å². The lowest BCUT2D eigenvalue weighted by Crippen LogP contribution is -2.58. The Kier molecular flexibility index (Phi) is 11.3. The Balaban J connectivity index is 2.44. The first-order chi connectivity index (χ1) is 21.8.